The van der Waals surface area contributed by atoms with Gasteiger partial charge < -0.3 is 4.74 Å². The predicted octanol–water partition coefficient (Wildman–Crippen LogP) is 4.54. The molecule has 30 heavy (non-hydrogen) atoms. The van der Waals surface area contributed by atoms with Crippen LogP contribution in [-0.4, -0.2) is 26.7 Å². The molecular weight excluding hydrogens is 440 g/mol. The van der Waals surface area contributed by atoms with Gasteiger partial charge in [0.2, 0.25) is 0 Å². The second-order valence-electron chi connectivity index (χ2n) is 6.22. The van der Waals surface area contributed by atoms with Crippen LogP contribution in [0.4, 0.5) is 26.3 Å². The molecule has 12 heteroatoms. The smallest absolute Gasteiger partial charge is 0.416 e. The van der Waals surface area contributed by atoms with Crippen LogP contribution >= 0.6 is 0 Å². The third-order valence-electron chi connectivity index (χ3n) is 4.09. The van der Waals surface area contributed by atoms with Gasteiger partial charge in [0.1, 0.15) is 0 Å². The molecule has 1 aromatic rings. The number of carbonyl (C=O) groups excluding carboxylic acids is 1. The lowest BCUT2D eigenvalue weighted by Gasteiger charge is -2.23. The fourth-order valence-corrected chi connectivity index (χ4v) is 3.95. The van der Waals surface area contributed by atoms with Crippen LogP contribution in [0.1, 0.15) is 30.9 Å². The maximum Gasteiger partial charge on any atom is 0.416 e. The molecule has 0 fully saturated rings. The predicted molar refractivity (Wildman–Crippen MR) is 92.6 cm³/mol. The van der Waals surface area contributed by atoms with Crippen molar-refractivity contribution in [2.75, 3.05) is 12.4 Å². The topological polar surface area (TPSA) is 84.2 Å². The molecule has 0 bridgehead atoms. The summed E-state index contributed by atoms with van der Waals surface area (Å²) in [5.74, 6) is -2.13. The Morgan fingerprint density at radius 3 is 2.00 bits per heavy atom. The van der Waals surface area contributed by atoms with Crippen molar-refractivity contribution in [3.05, 3.63) is 42.0 Å². The van der Waals surface area contributed by atoms with Crippen molar-refractivity contribution in [1.82, 2.24) is 0 Å². The molecule has 0 spiro atoms. The molecule has 5 nitrogen and oxygen atoms in total. The van der Waals surface area contributed by atoms with E-state index in [-0.39, 0.29) is 31.2 Å². The summed E-state index contributed by atoms with van der Waals surface area (Å²) in [7, 11) is -4.73. The SMILES string of the molecule is C=CC[C@@](C#N)(CCS(=O)(=O)c1cc(C(F)(F)F)cc(C(F)(F)F)c1)C(=O)OCC. The summed E-state index contributed by atoms with van der Waals surface area (Å²) in [5.41, 5.74) is -5.59. The standard InChI is InChI=1S/C18H17F6NO4S/c1-3-5-16(11-25,15(26)29-4-2)6-7-30(27,28)14-9-12(17(19,20)21)8-13(10-14)18(22,23)24/h3,8-10H,1,4-7H2,2H3/t16-/m0/s1. The molecule has 0 heterocycles. The van der Waals surface area contributed by atoms with Crippen LogP contribution in [0.2, 0.25) is 0 Å². The highest BCUT2D eigenvalue weighted by atomic mass is 32.2. The van der Waals surface area contributed by atoms with E-state index >= 15 is 0 Å². The molecule has 0 N–H and O–H groups in total. The van der Waals surface area contributed by atoms with Crippen LogP contribution in [0.3, 0.4) is 0 Å². The summed E-state index contributed by atoms with van der Waals surface area (Å²) in [5, 5.41) is 9.38. The molecule has 0 amide bonds. The minimum atomic E-state index is -5.23. The average Bonchev–Trinajstić information content (AvgIpc) is 2.63. The molecule has 0 aliphatic heterocycles. The Bertz CT molecular complexity index is 915. The zero-order chi connectivity index (χ0) is 23.4. The number of benzene rings is 1. The van der Waals surface area contributed by atoms with E-state index in [2.05, 4.69) is 6.58 Å². The van der Waals surface area contributed by atoms with Crippen molar-refractivity contribution in [3.8, 4) is 6.07 Å². The van der Waals surface area contributed by atoms with E-state index in [1.54, 1.807) is 6.07 Å². The highest BCUT2D eigenvalue weighted by Gasteiger charge is 2.42. The van der Waals surface area contributed by atoms with E-state index in [1.807, 2.05) is 0 Å². The minimum absolute atomic E-state index is 0.0799. The number of ether oxygens (including phenoxy) is 1. The van der Waals surface area contributed by atoms with Crippen LogP contribution in [0.5, 0.6) is 0 Å². The number of allylic oxidation sites excluding steroid dienone is 1. The third-order valence-corrected chi connectivity index (χ3v) is 5.79. The Labute approximate surface area is 168 Å². The van der Waals surface area contributed by atoms with E-state index < -0.39 is 61.8 Å². The first-order chi connectivity index (χ1) is 13.6. The van der Waals surface area contributed by atoms with Crippen LogP contribution in [0, 0.1) is 16.7 Å². The van der Waals surface area contributed by atoms with Crippen LogP contribution in [0.15, 0.2) is 35.7 Å². The fraction of sp³-hybridized carbons (Fsp3) is 0.444. The number of alkyl halides is 6. The van der Waals surface area contributed by atoms with Crippen LogP contribution < -0.4 is 0 Å². The summed E-state index contributed by atoms with van der Waals surface area (Å²) < 4.78 is 108. The van der Waals surface area contributed by atoms with E-state index in [1.165, 1.54) is 6.92 Å². The zero-order valence-electron chi connectivity index (χ0n) is 15.6. The Morgan fingerprint density at radius 1 is 1.13 bits per heavy atom. The maximum atomic E-state index is 13.0. The Hall–Kier alpha value is -2.55. The molecule has 0 aromatic heterocycles. The number of carbonyl (C=O) groups is 1. The molecule has 0 unspecified atom stereocenters. The average molecular weight is 457 g/mol. The molecular formula is C18H17F6NO4S. The summed E-state index contributed by atoms with van der Waals surface area (Å²) in [6.07, 6.45) is -10.3. The summed E-state index contributed by atoms with van der Waals surface area (Å²) in [4.78, 5) is 10.9. The van der Waals surface area contributed by atoms with Crippen molar-refractivity contribution in [1.29, 1.82) is 5.26 Å². The first kappa shape index (κ1) is 25.5. The summed E-state index contributed by atoms with van der Waals surface area (Å²) in [6.45, 7) is 4.66. The van der Waals surface area contributed by atoms with Gasteiger partial charge in [-0.05, 0) is 38.0 Å². The lowest BCUT2D eigenvalue weighted by atomic mass is 9.83. The molecule has 0 aliphatic carbocycles. The largest absolute Gasteiger partial charge is 0.465 e. The minimum Gasteiger partial charge on any atom is -0.465 e. The quantitative estimate of drug-likeness (QED) is 0.325. The number of nitrogens with zero attached hydrogens (tertiary/aromatic N) is 1. The van der Waals surface area contributed by atoms with E-state index in [0.717, 1.165) is 6.08 Å². The molecule has 1 rings (SSSR count). The first-order valence-electron chi connectivity index (χ1n) is 8.34. The number of nitriles is 1. The molecule has 0 saturated heterocycles. The molecule has 0 saturated carbocycles. The highest BCUT2D eigenvalue weighted by Crippen LogP contribution is 2.38. The number of rotatable bonds is 8. The lowest BCUT2D eigenvalue weighted by molar-refractivity contribution is -0.152. The van der Waals surface area contributed by atoms with Crippen LogP contribution in [0.25, 0.3) is 0 Å². The Balaban J connectivity index is 3.42. The Morgan fingerprint density at radius 2 is 1.63 bits per heavy atom. The van der Waals surface area contributed by atoms with Gasteiger partial charge in [0, 0.05) is 0 Å². The molecule has 166 valence electrons. The number of hydrogen-bond donors (Lipinski definition) is 0. The van der Waals surface area contributed by atoms with Crippen molar-refractivity contribution in [3.63, 3.8) is 0 Å². The fourth-order valence-electron chi connectivity index (χ4n) is 2.48. The second-order valence-corrected chi connectivity index (χ2v) is 8.33. The van der Waals surface area contributed by atoms with Gasteiger partial charge in [-0.15, -0.1) is 6.58 Å². The second kappa shape index (κ2) is 9.07. The van der Waals surface area contributed by atoms with Crippen molar-refractivity contribution in [2.45, 2.75) is 37.0 Å². The van der Waals surface area contributed by atoms with Gasteiger partial charge in [-0.25, -0.2) is 8.42 Å². The van der Waals surface area contributed by atoms with Gasteiger partial charge in [0.15, 0.2) is 15.3 Å². The first-order valence-corrected chi connectivity index (χ1v) is 10.00. The molecule has 0 aliphatic rings. The summed E-state index contributed by atoms with van der Waals surface area (Å²) in [6, 6.07) is 1.59. The maximum absolute atomic E-state index is 13.0. The van der Waals surface area contributed by atoms with Crippen LogP contribution in [-0.2, 0) is 31.7 Å². The normalized spacial score (nSPS) is 14.5. The van der Waals surface area contributed by atoms with Gasteiger partial charge in [-0.1, -0.05) is 6.08 Å². The lowest BCUT2D eigenvalue weighted by Crippen LogP contribution is -2.33. The number of sulfone groups is 1. The highest BCUT2D eigenvalue weighted by molar-refractivity contribution is 7.91. The number of esters is 1. The van der Waals surface area contributed by atoms with Crippen molar-refractivity contribution < 1.29 is 44.3 Å². The number of hydrogen-bond acceptors (Lipinski definition) is 5. The molecule has 1 atom stereocenters. The van der Waals surface area contributed by atoms with E-state index in [9.17, 15) is 44.8 Å². The van der Waals surface area contributed by atoms with Gasteiger partial charge in [0.05, 0.1) is 34.5 Å². The van der Waals surface area contributed by atoms with Gasteiger partial charge >= 0.3 is 18.3 Å². The van der Waals surface area contributed by atoms with E-state index in [0.29, 0.717) is 0 Å². The number of halogens is 6. The van der Waals surface area contributed by atoms with Gasteiger partial charge in [-0.2, -0.15) is 31.6 Å². The zero-order valence-corrected chi connectivity index (χ0v) is 16.4. The molecule has 1 aromatic carbocycles. The van der Waals surface area contributed by atoms with E-state index in [4.69, 9.17) is 4.74 Å². The van der Waals surface area contributed by atoms with Gasteiger partial charge in [-0.3, -0.25) is 4.79 Å². The summed E-state index contributed by atoms with van der Waals surface area (Å²) >= 11 is 0. The van der Waals surface area contributed by atoms with Gasteiger partial charge in [0.25, 0.3) is 0 Å². The Kier molecular flexibility index (Phi) is 7.71. The third kappa shape index (κ3) is 5.98. The molecule has 0 radical (unpaired) electrons. The van der Waals surface area contributed by atoms with Crippen molar-refractivity contribution >= 4 is 15.8 Å². The van der Waals surface area contributed by atoms with Crippen molar-refractivity contribution in [2.24, 2.45) is 5.41 Å². The monoisotopic (exact) mass is 457 g/mol.